The van der Waals surface area contributed by atoms with Crippen molar-refractivity contribution in [1.29, 1.82) is 0 Å². The largest absolute Gasteiger partial charge is 0.392 e. The third-order valence-electron chi connectivity index (χ3n) is 8.38. The van der Waals surface area contributed by atoms with Crippen LogP contribution in [0.25, 0.3) is 27.8 Å². The zero-order chi connectivity index (χ0) is 33.2. The van der Waals surface area contributed by atoms with Gasteiger partial charge < -0.3 is 14.6 Å². The molecule has 47 heavy (non-hydrogen) atoms. The summed E-state index contributed by atoms with van der Waals surface area (Å²) < 4.78 is 17.9. The first-order valence-corrected chi connectivity index (χ1v) is 15.6. The van der Waals surface area contributed by atoms with Crippen LogP contribution in [0.5, 0.6) is 0 Å². The normalized spacial score (nSPS) is 13.2. The molecule has 2 aromatic heterocycles. The lowest BCUT2D eigenvalue weighted by atomic mass is 10.0. The van der Waals surface area contributed by atoms with Crippen LogP contribution < -0.4 is 11.1 Å². The number of nitrogens with zero attached hydrogens (tertiary/aromatic N) is 5. The average Bonchev–Trinajstić information content (AvgIpc) is 3.89. The second kappa shape index (κ2) is 13.4. The van der Waals surface area contributed by atoms with Crippen molar-refractivity contribution in [3.05, 3.63) is 134 Å². The number of hydrogen-bond acceptors (Lipinski definition) is 7. The number of allylic oxidation sites excluding steroid dienone is 1. The molecule has 2 heterocycles. The number of rotatable bonds is 11. The lowest BCUT2D eigenvalue weighted by molar-refractivity contribution is -0.114. The standard InChI is InChI=1S/C37H36FN5O4/c1-41(2)14-6-9-27(45)16-23-7-4-8-24(15-23)17-32-36(46)42(3)20-33(40-32)28-10-5-11-34(29(28)21-44)43-22-39-31-19-26(25-12-13-25)18-30(38)35(31)37(43)47/h4-11,15,18-20,22,25,44H,12-14,16-17,21H2,1-3H3/b9-6+. The summed E-state index contributed by atoms with van der Waals surface area (Å²) in [4.78, 5) is 50.4. The van der Waals surface area contributed by atoms with E-state index in [1.165, 1.54) is 21.5 Å². The number of hydrogen-bond donors (Lipinski definition) is 1. The fraction of sp³-hybridized carbons (Fsp3) is 0.270. The SMILES string of the molecule is CN(C)C/C=C/C(=O)Cc1cccc(Cc2nc(-c3cccc(-n4cnc5cc(C6CC6)cc(F)c5c4=O)c3CO)cn(C)c2=O)c1. The van der Waals surface area contributed by atoms with Gasteiger partial charge >= 0.3 is 0 Å². The van der Waals surface area contributed by atoms with Gasteiger partial charge in [0.1, 0.15) is 23.2 Å². The molecule has 0 radical (unpaired) electrons. The highest BCUT2D eigenvalue weighted by Gasteiger charge is 2.26. The van der Waals surface area contributed by atoms with Gasteiger partial charge in [0, 0.05) is 43.8 Å². The van der Waals surface area contributed by atoms with Gasteiger partial charge in [-0.05, 0) is 73.8 Å². The van der Waals surface area contributed by atoms with Crippen LogP contribution in [0.2, 0.25) is 0 Å². The minimum atomic E-state index is -0.614. The Kier molecular flexibility index (Phi) is 9.06. The molecule has 240 valence electrons. The van der Waals surface area contributed by atoms with Crippen molar-refractivity contribution < 1.29 is 14.3 Å². The summed E-state index contributed by atoms with van der Waals surface area (Å²) in [6, 6.07) is 15.8. The highest BCUT2D eigenvalue weighted by molar-refractivity contribution is 5.91. The van der Waals surface area contributed by atoms with E-state index in [1.807, 2.05) is 49.3 Å². The highest BCUT2D eigenvalue weighted by atomic mass is 19.1. The molecule has 1 aliphatic carbocycles. The molecule has 5 aromatic rings. The Morgan fingerprint density at radius 1 is 1.06 bits per heavy atom. The Morgan fingerprint density at radius 2 is 1.83 bits per heavy atom. The average molecular weight is 634 g/mol. The summed E-state index contributed by atoms with van der Waals surface area (Å²) in [5.74, 6) is -0.317. The number of ketones is 1. The van der Waals surface area contributed by atoms with Crippen molar-refractivity contribution >= 4 is 16.7 Å². The molecule has 1 N–H and O–H groups in total. The van der Waals surface area contributed by atoms with Crippen LogP contribution in [-0.2, 0) is 31.3 Å². The molecular formula is C37H36FN5O4. The number of halogens is 1. The van der Waals surface area contributed by atoms with E-state index in [9.17, 15) is 19.5 Å². The fourth-order valence-electron chi connectivity index (χ4n) is 5.86. The van der Waals surface area contributed by atoms with Gasteiger partial charge in [0.2, 0.25) is 0 Å². The van der Waals surface area contributed by atoms with Crippen LogP contribution in [-0.4, -0.2) is 55.5 Å². The van der Waals surface area contributed by atoms with Crippen LogP contribution in [0.4, 0.5) is 4.39 Å². The summed E-state index contributed by atoms with van der Waals surface area (Å²) in [6.07, 6.45) is 8.82. The molecule has 1 aliphatic rings. The molecule has 0 bridgehead atoms. The highest BCUT2D eigenvalue weighted by Crippen LogP contribution is 2.41. The number of aromatic nitrogens is 4. The molecule has 0 atom stereocenters. The van der Waals surface area contributed by atoms with E-state index in [4.69, 9.17) is 4.98 Å². The van der Waals surface area contributed by atoms with Gasteiger partial charge in [-0.25, -0.2) is 14.4 Å². The fourth-order valence-corrected chi connectivity index (χ4v) is 5.86. The lowest BCUT2D eigenvalue weighted by Gasteiger charge is -2.16. The van der Waals surface area contributed by atoms with Gasteiger partial charge in [-0.3, -0.25) is 19.0 Å². The first-order valence-electron chi connectivity index (χ1n) is 15.6. The molecule has 0 spiro atoms. The quantitative estimate of drug-likeness (QED) is 0.214. The predicted molar refractivity (Wildman–Crippen MR) is 179 cm³/mol. The van der Waals surface area contributed by atoms with Crippen molar-refractivity contribution in [3.8, 4) is 16.9 Å². The third kappa shape index (κ3) is 6.89. The molecule has 10 heteroatoms. The number of aliphatic hydroxyl groups is 1. The molecule has 9 nitrogen and oxygen atoms in total. The second-order valence-electron chi connectivity index (χ2n) is 12.3. The van der Waals surface area contributed by atoms with Gasteiger partial charge in [0.15, 0.2) is 5.78 Å². The summed E-state index contributed by atoms with van der Waals surface area (Å²) in [5.41, 5.74) is 3.89. The van der Waals surface area contributed by atoms with Crippen LogP contribution >= 0.6 is 0 Å². The smallest absolute Gasteiger partial charge is 0.272 e. The van der Waals surface area contributed by atoms with Crippen molar-refractivity contribution in [3.63, 3.8) is 0 Å². The Hall–Kier alpha value is -5.06. The minimum absolute atomic E-state index is 0.0112. The van der Waals surface area contributed by atoms with Gasteiger partial charge in [-0.2, -0.15) is 0 Å². The van der Waals surface area contributed by atoms with E-state index < -0.39 is 18.0 Å². The number of fused-ring (bicyclic) bond motifs is 1. The Morgan fingerprint density at radius 3 is 2.57 bits per heavy atom. The van der Waals surface area contributed by atoms with Crippen molar-refractivity contribution in [1.82, 2.24) is 24.0 Å². The zero-order valence-corrected chi connectivity index (χ0v) is 26.6. The predicted octanol–water partition coefficient (Wildman–Crippen LogP) is 4.48. The monoisotopic (exact) mass is 633 g/mol. The molecular weight excluding hydrogens is 597 g/mol. The van der Waals surface area contributed by atoms with Crippen molar-refractivity contribution in [2.45, 2.75) is 38.2 Å². The van der Waals surface area contributed by atoms with E-state index in [-0.39, 0.29) is 35.3 Å². The maximum Gasteiger partial charge on any atom is 0.272 e. The van der Waals surface area contributed by atoms with Crippen molar-refractivity contribution in [2.24, 2.45) is 7.05 Å². The van der Waals surface area contributed by atoms with Crippen LogP contribution in [0, 0.1) is 5.82 Å². The molecule has 0 unspecified atom stereocenters. The molecule has 0 amide bonds. The minimum Gasteiger partial charge on any atom is -0.392 e. The van der Waals surface area contributed by atoms with E-state index in [0.717, 1.165) is 29.5 Å². The number of carbonyl (C=O) groups is 1. The topological polar surface area (TPSA) is 110 Å². The Balaban J connectivity index is 1.34. The van der Waals surface area contributed by atoms with Crippen LogP contribution in [0.3, 0.4) is 0 Å². The van der Waals surface area contributed by atoms with E-state index >= 15 is 4.39 Å². The number of aryl methyl sites for hydroxylation is 1. The number of benzene rings is 3. The molecule has 3 aromatic carbocycles. The Labute approximate surface area is 271 Å². The van der Waals surface area contributed by atoms with Gasteiger partial charge in [0.25, 0.3) is 11.1 Å². The van der Waals surface area contributed by atoms with Crippen molar-refractivity contribution in [2.75, 3.05) is 20.6 Å². The van der Waals surface area contributed by atoms with E-state index in [2.05, 4.69) is 4.98 Å². The van der Waals surface area contributed by atoms with Crippen LogP contribution in [0.15, 0.2) is 88.9 Å². The van der Waals surface area contributed by atoms with Crippen LogP contribution in [0.1, 0.15) is 46.7 Å². The summed E-state index contributed by atoms with van der Waals surface area (Å²) >= 11 is 0. The van der Waals surface area contributed by atoms with Gasteiger partial charge in [0.05, 0.1) is 23.5 Å². The summed E-state index contributed by atoms with van der Waals surface area (Å²) in [6.45, 7) is 0.228. The molecule has 1 fully saturated rings. The third-order valence-corrected chi connectivity index (χ3v) is 8.38. The molecule has 0 saturated heterocycles. The maximum absolute atomic E-state index is 15.2. The number of aliphatic hydroxyl groups excluding tert-OH is 1. The van der Waals surface area contributed by atoms with E-state index in [0.29, 0.717) is 40.5 Å². The molecule has 6 rings (SSSR count). The second-order valence-corrected chi connectivity index (χ2v) is 12.3. The maximum atomic E-state index is 15.2. The van der Waals surface area contributed by atoms with Gasteiger partial charge in [-0.1, -0.05) is 42.5 Å². The summed E-state index contributed by atoms with van der Waals surface area (Å²) in [7, 11) is 5.50. The first kappa shape index (κ1) is 31.9. The molecule has 1 saturated carbocycles. The number of likely N-dealkylation sites (N-methyl/N-ethyl adjacent to an activating group) is 1. The lowest BCUT2D eigenvalue weighted by Crippen LogP contribution is -2.24. The first-order chi connectivity index (χ1) is 22.6. The molecule has 0 aliphatic heterocycles. The van der Waals surface area contributed by atoms with Gasteiger partial charge in [-0.15, -0.1) is 0 Å². The summed E-state index contributed by atoms with van der Waals surface area (Å²) in [5, 5.41) is 10.4. The van der Waals surface area contributed by atoms with E-state index in [1.54, 1.807) is 43.6 Å². The Bertz CT molecular complexity index is 2150. The number of carbonyl (C=O) groups excluding carboxylic acids is 1. The zero-order valence-electron chi connectivity index (χ0n) is 26.6.